The summed E-state index contributed by atoms with van der Waals surface area (Å²) in [6, 6.07) is 16.3. The van der Waals surface area contributed by atoms with Crippen LogP contribution in [0.1, 0.15) is 18.3 Å². The predicted molar refractivity (Wildman–Crippen MR) is 115 cm³/mol. The largest absolute Gasteiger partial charge is 0.357 e. The number of aliphatic imine (C=N–C) groups is 1. The molecule has 142 valence electrons. The van der Waals surface area contributed by atoms with E-state index in [1.54, 1.807) is 12.4 Å². The number of nitrogens with zero attached hydrogens (tertiary/aromatic N) is 4. The Balaban J connectivity index is 0.00000261. The van der Waals surface area contributed by atoms with E-state index in [9.17, 15) is 4.39 Å². The molecule has 0 aliphatic carbocycles. The molecular weight excluding hydrogens is 458 g/mol. The van der Waals surface area contributed by atoms with Crippen LogP contribution in [0, 0.1) is 5.82 Å². The first kappa shape index (κ1) is 20.8. The van der Waals surface area contributed by atoms with Gasteiger partial charge in [0.05, 0.1) is 13.1 Å². The summed E-state index contributed by atoms with van der Waals surface area (Å²) < 4.78 is 15.2. The van der Waals surface area contributed by atoms with E-state index >= 15 is 0 Å². The van der Waals surface area contributed by atoms with Crippen LogP contribution in [0.4, 0.5) is 4.39 Å². The normalized spacial score (nSPS) is 11.0. The molecule has 0 aliphatic heterocycles. The van der Waals surface area contributed by atoms with Gasteiger partial charge in [0.1, 0.15) is 12.1 Å². The van der Waals surface area contributed by atoms with Gasteiger partial charge in [-0.3, -0.25) is 4.57 Å². The lowest BCUT2D eigenvalue weighted by molar-refractivity contribution is 0.625. The summed E-state index contributed by atoms with van der Waals surface area (Å²) in [6.07, 6.45) is 1.68. The molecule has 0 radical (unpaired) electrons. The quantitative estimate of drug-likeness (QED) is 0.323. The summed E-state index contributed by atoms with van der Waals surface area (Å²) in [5.41, 5.74) is 1.81. The molecule has 6 nitrogen and oxygen atoms in total. The van der Waals surface area contributed by atoms with Gasteiger partial charge >= 0.3 is 0 Å². The number of hydrogen-bond donors (Lipinski definition) is 2. The van der Waals surface area contributed by atoms with Crippen LogP contribution in [0.5, 0.6) is 0 Å². The SMILES string of the molecule is CCNC(=NCc1cccc(F)c1)NCc1nncn1-c1ccccc1.I. The monoisotopic (exact) mass is 480 g/mol. The minimum Gasteiger partial charge on any atom is -0.357 e. The fourth-order valence-corrected chi connectivity index (χ4v) is 2.49. The van der Waals surface area contributed by atoms with Crippen molar-refractivity contribution in [1.29, 1.82) is 0 Å². The molecular formula is C19H22FIN6. The van der Waals surface area contributed by atoms with Gasteiger partial charge in [-0.05, 0) is 36.8 Å². The van der Waals surface area contributed by atoms with Crippen LogP contribution in [0.25, 0.3) is 5.69 Å². The van der Waals surface area contributed by atoms with E-state index in [-0.39, 0.29) is 29.8 Å². The first-order chi connectivity index (χ1) is 12.8. The van der Waals surface area contributed by atoms with Gasteiger partial charge in [0.2, 0.25) is 0 Å². The number of aromatic nitrogens is 3. The van der Waals surface area contributed by atoms with Crippen molar-refractivity contribution in [3.8, 4) is 5.69 Å². The maximum absolute atomic E-state index is 13.3. The summed E-state index contributed by atoms with van der Waals surface area (Å²) in [6.45, 7) is 3.56. The lowest BCUT2D eigenvalue weighted by Crippen LogP contribution is -2.37. The zero-order valence-corrected chi connectivity index (χ0v) is 17.3. The number of nitrogens with one attached hydrogen (secondary N) is 2. The van der Waals surface area contributed by atoms with Crippen LogP contribution in [0.2, 0.25) is 0 Å². The first-order valence-corrected chi connectivity index (χ1v) is 8.47. The van der Waals surface area contributed by atoms with Crippen molar-refractivity contribution >= 4 is 29.9 Å². The van der Waals surface area contributed by atoms with Crippen LogP contribution < -0.4 is 10.6 Å². The van der Waals surface area contributed by atoms with Gasteiger partial charge in [-0.2, -0.15) is 0 Å². The molecule has 0 saturated heterocycles. The number of halogens is 2. The second-order valence-corrected chi connectivity index (χ2v) is 5.63. The lowest BCUT2D eigenvalue weighted by atomic mass is 10.2. The Bertz CT molecular complexity index is 865. The highest BCUT2D eigenvalue weighted by Gasteiger charge is 2.07. The zero-order chi connectivity index (χ0) is 18.2. The van der Waals surface area contributed by atoms with Crippen LogP contribution in [0.3, 0.4) is 0 Å². The van der Waals surface area contributed by atoms with Crippen LogP contribution >= 0.6 is 24.0 Å². The predicted octanol–water partition coefficient (Wildman–Crippen LogP) is 3.28. The number of hydrogen-bond acceptors (Lipinski definition) is 3. The molecule has 8 heteroatoms. The third-order valence-electron chi connectivity index (χ3n) is 3.72. The van der Waals surface area contributed by atoms with E-state index in [4.69, 9.17) is 0 Å². The number of benzene rings is 2. The van der Waals surface area contributed by atoms with Gasteiger partial charge in [-0.1, -0.05) is 30.3 Å². The van der Waals surface area contributed by atoms with Gasteiger partial charge in [0.15, 0.2) is 11.8 Å². The van der Waals surface area contributed by atoms with Gasteiger partial charge in [-0.15, -0.1) is 34.2 Å². The van der Waals surface area contributed by atoms with Crippen molar-refractivity contribution in [1.82, 2.24) is 25.4 Å². The van der Waals surface area contributed by atoms with Gasteiger partial charge in [0, 0.05) is 12.2 Å². The summed E-state index contributed by atoms with van der Waals surface area (Å²) in [4.78, 5) is 4.50. The standard InChI is InChI=1S/C19H21FN6.HI/c1-2-21-19(22-12-15-7-6-8-16(20)11-15)23-13-18-25-24-14-26(18)17-9-4-3-5-10-17;/h3-11,14H,2,12-13H2,1H3,(H2,21,22,23);1H. The highest BCUT2D eigenvalue weighted by atomic mass is 127. The third kappa shape index (κ3) is 6.02. The molecule has 3 aromatic rings. The molecule has 1 aromatic heterocycles. The zero-order valence-electron chi connectivity index (χ0n) is 15.0. The van der Waals surface area contributed by atoms with Crippen LogP contribution in [-0.4, -0.2) is 27.3 Å². The molecule has 3 rings (SSSR count). The fraction of sp³-hybridized carbons (Fsp3) is 0.211. The van der Waals surface area contributed by atoms with Crippen molar-refractivity contribution in [2.75, 3.05) is 6.54 Å². The fourth-order valence-electron chi connectivity index (χ4n) is 2.49. The Morgan fingerprint density at radius 3 is 2.67 bits per heavy atom. The third-order valence-corrected chi connectivity index (χ3v) is 3.72. The van der Waals surface area contributed by atoms with E-state index < -0.39 is 0 Å². The highest BCUT2D eigenvalue weighted by molar-refractivity contribution is 14.0. The summed E-state index contributed by atoms with van der Waals surface area (Å²) in [5.74, 6) is 1.15. The minimum atomic E-state index is -0.258. The topological polar surface area (TPSA) is 67.1 Å². The molecule has 0 spiro atoms. The van der Waals surface area contributed by atoms with Crippen molar-refractivity contribution in [3.05, 3.63) is 78.1 Å². The second-order valence-electron chi connectivity index (χ2n) is 5.63. The minimum absolute atomic E-state index is 0. The Morgan fingerprint density at radius 1 is 1.11 bits per heavy atom. The summed E-state index contributed by atoms with van der Waals surface area (Å²) in [7, 11) is 0. The van der Waals surface area contributed by atoms with Crippen molar-refractivity contribution in [3.63, 3.8) is 0 Å². The Labute approximate surface area is 175 Å². The van der Waals surface area contributed by atoms with Gasteiger partial charge in [0.25, 0.3) is 0 Å². The molecule has 27 heavy (non-hydrogen) atoms. The molecule has 0 amide bonds. The van der Waals surface area contributed by atoms with E-state index in [1.165, 1.54) is 12.1 Å². The molecule has 1 heterocycles. The van der Waals surface area contributed by atoms with Crippen molar-refractivity contribution in [2.45, 2.75) is 20.0 Å². The number of rotatable bonds is 6. The van der Waals surface area contributed by atoms with E-state index in [0.29, 0.717) is 19.0 Å². The second kappa shape index (κ2) is 10.6. The average molecular weight is 480 g/mol. The number of guanidine groups is 1. The first-order valence-electron chi connectivity index (χ1n) is 8.47. The molecule has 0 saturated carbocycles. The molecule has 0 unspecified atom stereocenters. The molecule has 0 atom stereocenters. The average Bonchev–Trinajstić information content (AvgIpc) is 3.13. The highest BCUT2D eigenvalue weighted by Crippen LogP contribution is 2.09. The Hall–Kier alpha value is -2.49. The van der Waals surface area contributed by atoms with E-state index in [0.717, 1.165) is 23.6 Å². The van der Waals surface area contributed by atoms with Crippen LogP contribution in [-0.2, 0) is 13.1 Å². The molecule has 0 bridgehead atoms. The molecule has 0 aliphatic rings. The maximum Gasteiger partial charge on any atom is 0.191 e. The lowest BCUT2D eigenvalue weighted by Gasteiger charge is -2.12. The van der Waals surface area contributed by atoms with Gasteiger partial charge < -0.3 is 10.6 Å². The summed E-state index contributed by atoms with van der Waals surface area (Å²) in [5, 5.41) is 14.6. The van der Waals surface area contributed by atoms with E-state index in [1.807, 2.05) is 47.9 Å². The Kier molecular flexibility index (Phi) is 8.18. The van der Waals surface area contributed by atoms with Gasteiger partial charge in [-0.25, -0.2) is 9.38 Å². The van der Waals surface area contributed by atoms with Crippen LogP contribution in [0.15, 0.2) is 65.9 Å². The maximum atomic E-state index is 13.3. The van der Waals surface area contributed by atoms with Crippen molar-refractivity contribution < 1.29 is 4.39 Å². The molecule has 2 N–H and O–H groups in total. The Morgan fingerprint density at radius 2 is 1.93 bits per heavy atom. The molecule has 2 aromatic carbocycles. The molecule has 0 fully saturated rings. The van der Waals surface area contributed by atoms with E-state index in [2.05, 4.69) is 25.8 Å². The smallest absolute Gasteiger partial charge is 0.191 e. The van der Waals surface area contributed by atoms with Crippen molar-refractivity contribution in [2.24, 2.45) is 4.99 Å². The summed E-state index contributed by atoms with van der Waals surface area (Å²) >= 11 is 0. The number of para-hydroxylation sites is 1.